The Balaban J connectivity index is 2.48. The van der Waals surface area contributed by atoms with Crippen LogP contribution in [-0.2, 0) is 4.74 Å². The van der Waals surface area contributed by atoms with Crippen LogP contribution >= 0.6 is 12.2 Å². The van der Waals surface area contributed by atoms with Crippen molar-refractivity contribution in [1.82, 2.24) is 10.2 Å². The summed E-state index contributed by atoms with van der Waals surface area (Å²) in [6.45, 7) is 7.37. The van der Waals surface area contributed by atoms with Gasteiger partial charge in [0.25, 0.3) is 0 Å². The summed E-state index contributed by atoms with van der Waals surface area (Å²) < 4.78 is 5.23. The van der Waals surface area contributed by atoms with E-state index >= 15 is 0 Å². The molecule has 1 saturated heterocycles. The summed E-state index contributed by atoms with van der Waals surface area (Å²) in [5, 5.41) is 3.01. The molecule has 80 valence electrons. The molecule has 0 unspecified atom stereocenters. The molecule has 5 heteroatoms. The molecule has 0 spiro atoms. The first-order chi connectivity index (χ1) is 6.38. The molecule has 0 bridgehead atoms. The van der Waals surface area contributed by atoms with Gasteiger partial charge in [-0.25, -0.2) is 4.79 Å². The highest BCUT2D eigenvalue weighted by molar-refractivity contribution is 7.80. The second-order valence-electron chi connectivity index (χ2n) is 4.25. The fraction of sp³-hybridized carbons (Fsp3) is 0.778. The number of carbonyl (C=O) groups excluding carboxylic acids is 1. The van der Waals surface area contributed by atoms with Gasteiger partial charge in [0, 0.05) is 13.1 Å². The summed E-state index contributed by atoms with van der Waals surface area (Å²) in [7, 11) is 0. The fourth-order valence-corrected chi connectivity index (χ4v) is 1.38. The van der Waals surface area contributed by atoms with E-state index in [4.69, 9.17) is 17.0 Å². The SMILES string of the molecule is CC(C)(C)OC(=O)N1CCNC(=S)C1. The number of hydrogen-bond donors (Lipinski definition) is 1. The van der Waals surface area contributed by atoms with E-state index in [1.54, 1.807) is 4.90 Å². The van der Waals surface area contributed by atoms with Gasteiger partial charge in [-0.05, 0) is 20.8 Å². The van der Waals surface area contributed by atoms with E-state index in [1.807, 2.05) is 20.8 Å². The van der Waals surface area contributed by atoms with Crippen molar-refractivity contribution in [3.05, 3.63) is 0 Å². The van der Waals surface area contributed by atoms with Gasteiger partial charge >= 0.3 is 6.09 Å². The number of carbonyl (C=O) groups is 1. The lowest BCUT2D eigenvalue weighted by atomic mass is 10.2. The van der Waals surface area contributed by atoms with Crippen molar-refractivity contribution >= 4 is 23.3 Å². The zero-order chi connectivity index (χ0) is 10.8. The molecule has 1 rings (SSSR count). The van der Waals surface area contributed by atoms with Gasteiger partial charge in [-0.3, -0.25) is 4.90 Å². The average Bonchev–Trinajstić information content (AvgIpc) is 2.01. The Kier molecular flexibility index (Phi) is 3.31. The monoisotopic (exact) mass is 216 g/mol. The van der Waals surface area contributed by atoms with E-state index in [9.17, 15) is 4.79 Å². The molecule has 1 fully saturated rings. The zero-order valence-electron chi connectivity index (χ0n) is 8.79. The quantitative estimate of drug-likeness (QED) is 0.617. The van der Waals surface area contributed by atoms with Gasteiger partial charge < -0.3 is 10.1 Å². The molecule has 1 aliphatic heterocycles. The smallest absolute Gasteiger partial charge is 0.410 e. The highest BCUT2D eigenvalue weighted by Gasteiger charge is 2.24. The van der Waals surface area contributed by atoms with Crippen LogP contribution < -0.4 is 5.32 Å². The molecule has 14 heavy (non-hydrogen) atoms. The van der Waals surface area contributed by atoms with Crippen LogP contribution in [0, 0.1) is 0 Å². The fourth-order valence-electron chi connectivity index (χ4n) is 1.12. The normalized spacial score (nSPS) is 17.6. The van der Waals surface area contributed by atoms with Gasteiger partial charge in [0.05, 0.1) is 11.5 Å². The molecule has 1 amide bonds. The number of ether oxygens (including phenoxy) is 1. The number of hydrogen-bond acceptors (Lipinski definition) is 3. The molecule has 0 aromatic carbocycles. The minimum absolute atomic E-state index is 0.290. The largest absolute Gasteiger partial charge is 0.444 e. The summed E-state index contributed by atoms with van der Waals surface area (Å²) in [4.78, 5) is 13.9. The molecule has 0 atom stereocenters. The molecular formula is C9H16N2O2S. The van der Waals surface area contributed by atoms with Crippen molar-refractivity contribution in [3.63, 3.8) is 0 Å². The van der Waals surface area contributed by atoms with Crippen LogP contribution in [-0.4, -0.2) is 41.2 Å². The summed E-state index contributed by atoms with van der Waals surface area (Å²) in [5.41, 5.74) is -0.441. The maximum Gasteiger partial charge on any atom is 0.410 e. The third kappa shape index (κ3) is 3.49. The maximum atomic E-state index is 11.6. The van der Waals surface area contributed by atoms with Crippen molar-refractivity contribution in [2.24, 2.45) is 0 Å². The Morgan fingerprint density at radius 1 is 1.57 bits per heavy atom. The molecule has 0 aliphatic carbocycles. The van der Waals surface area contributed by atoms with Gasteiger partial charge in [0.1, 0.15) is 5.60 Å². The number of nitrogens with zero attached hydrogens (tertiary/aromatic N) is 1. The number of rotatable bonds is 0. The second-order valence-corrected chi connectivity index (χ2v) is 4.74. The molecule has 0 radical (unpaired) electrons. The predicted molar refractivity (Wildman–Crippen MR) is 58.4 cm³/mol. The van der Waals surface area contributed by atoms with Crippen LogP contribution in [0.4, 0.5) is 4.79 Å². The third-order valence-electron chi connectivity index (χ3n) is 1.69. The Labute approximate surface area is 89.6 Å². The van der Waals surface area contributed by atoms with E-state index in [0.717, 1.165) is 0 Å². The van der Waals surface area contributed by atoms with Gasteiger partial charge in [0.15, 0.2) is 0 Å². The lowest BCUT2D eigenvalue weighted by molar-refractivity contribution is 0.0272. The summed E-state index contributed by atoms with van der Waals surface area (Å²) in [6, 6.07) is 0. The van der Waals surface area contributed by atoms with Crippen LogP contribution in [0.15, 0.2) is 0 Å². The Hall–Kier alpha value is -0.840. The lowest BCUT2D eigenvalue weighted by Crippen LogP contribution is -2.50. The third-order valence-corrected chi connectivity index (χ3v) is 1.96. The molecule has 1 aliphatic rings. The topological polar surface area (TPSA) is 41.6 Å². The zero-order valence-corrected chi connectivity index (χ0v) is 9.61. The molecule has 1 heterocycles. The van der Waals surface area contributed by atoms with Gasteiger partial charge in [0.2, 0.25) is 0 Å². The average molecular weight is 216 g/mol. The first kappa shape index (κ1) is 11.2. The number of thiocarbonyl (C=S) groups is 1. The van der Waals surface area contributed by atoms with Crippen LogP contribution in [0.5, 0.6) is 0 Å². The lowest BCUT2D eigenvalue weighted by Gasteiger charge is -2.30. The predicted octanol–water partition coefficient (Wildman–Crippen LogP) is 1.15. The second kappa shape index (κ2) is 4.13. The minimum Gasteiger partial charge on any atom is -0.444 e. The van der Waals surface area contributed by atoms with Crippen molar-refractivity contribution in [3.8, 4) is 0 Å². The van der Waals surface area contributed by atoms with E-state index < -0.39 is 5.60 Å². The molecule has 1 N–H and O–H groups in total. The highest BCUT2D eigenvalue weighted by Crippen LogP contribution is 2.10. The summed E-state index contributed by atoms with van der Waals surface area (Å²) in [5.74, 6) is 0. The number of amides is 1. The number of piperazine rings is 1. The van der Waals surface area contributed by atoms with Crippen LogP contribution in [0.25, 0.3) is 0 Å². The van der Waals surface area contributed by atoms with E-state index in [-0.39, 0.29) is 6.09 Å². The Morgan fingerprint density at radius 2 is 2.21 bits per heavy atom. The molecule has 0 aromatic heterocycles. The van der Waals surface area contributed by atoms with Gasteiger partial charge in [-0.2, -0.15) is 0 Å². The van der Waals surface area contributed by atoms with E-state index in [2.05, 4.69) is 5.32 Å². The molecule has 0 saturated carbocycles. The van der Waals surface area contributed by atoms with Crippen LogP contribution in [0.2, 0.25) is 0 Å². The molecule has 4 nitrogen and oxygen atoms in total. The van der Waals surface area contributed by atoms with Gasteiger partial charge in [-0.1, -0.05) is 12.2 Å². The van der Waals surface area contributed by atoms with Crippen molar-refractivity contribution in [2.75, 3.05) is 19.6 Å². The highest BCUT2D eigenvalue weighted by atomic mass is 32.1. The standard InChI is InChI=1S/C9H16N2O2S/c1-9(2,3)13-8(12)11-5-4-10-7(14)6-11/h4-6H2,1-3H3,(H,10,14). The number of nitrogens with one attached hydrogen (secondary N) is 1. The van der Waals surface area contributed by atoms with Gasteiger partial charge in [-0.15, -0.1) is 0 Å². The van der Waals surface area contributed by atoms with Crippen molar-refractivity contribution < 1.29 is 9.53 Å². The van der Waals surface area contributed by atoms with E-state index in [0.29, 0.717) is 24.6 Å². The molecular weight excluding hydrogens is 200 g/mol. The van der Waals surface area contributed by atoms with Crippen molar-refractivity contribution in [2.45, 2.75) is 26.4 Å². The van der Waals surface area contributed by atoms with Crippen molar-refractivity contribution in [1.29, 1.82) is 0 Å². The van der Waals surface area contributed by atoms with E-state index in [1.165, 1.54) is 0 Å². The van der Waals surface area contributed by atoms with Crippen LogP contribution in [0.3, 0.4) is 0 Å². The Morgan fingerprint density at radius 3 is 2.71 bits per heavy atom. The Bertz CT molecular complexity index is 248. The first-order valence-corrected chi connectivity index (χ1v) is 5.04. The summed E-state index contributed by atoms with van der Waals surface area (Å²) >= 11 is 4.98. The first-order valence-electron chi connectivity index (χ1n) is 4.63. The minimum atomic E-state index is -0.441. The maximum absolute atomic E-state index is 11.6. The van der Waals surface area contributed by atoms with Crippen LogP contribution in [0.1, 0.15) is 20.8 Å². The summed E-state index contributed by atoms with van der Waals surface area (Å²) in [6.07, 6.45) is -0.290. The molecule has 0 aromatic rings.